The van der Waals surface area contributed by atoms with Crippen molar-refractivity contribution in [1.29, 1.82) is 0 Å². The first kappa shape index (κ1) is 13.6. The van der Waals surface area contributed by atoms with Crippen LogP contribution in [0.4, 0.5) is 4.39 Å². The third-order valence-electron chi connectivity index (χ3n) is 3.40. The highest BCUT2D eigenvalue weighted by molar-refractivity contribution is 6.34. The molecular weight excluding hydrogens is 291 g/mol. The Bertz CT molecular complexity index is 859. The number of aromatic carboxylic acids is 1. The van der Waals surface area contributed by atoms with Crippen molar-refractivity contribution < 1.29 is 14.3 Å². The van der Waals surface area contributed by atoms with Crippen LogP contribution in [0.15, 0.2) is 54.6 Å². The van der Waals surface area contributed by atoms with E-state index in [-0.39, 0.29) is 10.6 Å². The van der Waals surface area contributed by atoms with Crippen LogP contribution >= 0.6 is 11.6 Å². The SMILES string of the molecule is O=C(O)c1ccc(-c2cccc(F)c2Cl)c2ccccc12. The van der Waals surface area contributed by atoms with Gasteiger partial charge >= 0.3 is 5.97 Å². The number of carboxylic acid groups (broad SMARTS) is 1. The molecule has 0 atom stereocenters. The zero-order valence-electron chi connectivity index (χ0n) is 10.8. The van der Waals surface area contributed by atoms with Gasteiger partial charge in [0, 0.05) is 5.56 Å². The normalized spacial score (nSPS) is 10.8. The second-order valence-electron chi connectivity index (χ2n) is 4.61. The Morgan fingerprint density at radius 1 is 0.905 bits per heavy atom. The average Bonchev–Trinajstić information content (AvgIpc) is 2.49. The van der Waals surface area contributed by atoms with Gasteiger partial charge in [0.15, 0.2) is 0 Å². The molecule has 1 N–H and O–H groups in total. The fourth-order valence-electron chi connectivity index (χ4n) is 2.43. The molecule has 104 valence electrons. The fraction of sp³-hybridized carbons (Fsp3) is 0. The average molecular weight is 301 g/mol. The molecule has 2 nitrogen and oxygen atoms in total. The lowest BCUT2D eigenvalue weighted by atomic mass is 9.95. The molecule has 3 rings (SSSR count). The Balaban J connectivity index is 2.37. The molecule has 21 heavy (non-hydrogen) atoms. The first-order valence-corrected chi connectivity index (χ1v) is 6.67. The van der Waals surface area contributed by atoms with E-state index in [1.807, 2.05) is 6.07 Å². The van der Waals surface area contributed by atoms with Crippen LogP contribution in [0, 0.1) is 5.82 Å². The lowest BCUT2D eigenvalue weighted by Crippen LogP contribution is -1.98. The number of fused-ring (bicyclic) bond motifs is 1. The molecule has 0 aromatic heterocycles. The van der Waals surface area contributed by atoms with E-state index in [2.05, 4.69) is 0 Å². The van der Waals surface area contributed by atoms with E-state index >= 15 is 0 Å². The molecule has 0 saturated heterocycles. The lowest BCUT2D eigenvalue weighted by Gasteiger charge is -2.11. The second-order valence-corrected chi connectivity index (χ2v) is 4.99. The van der Waals surface area contributed by atoms with E-state index in [1.54, 1.807) is 36.4 Å². The Morgan fingerprint density at radius 2 is 1.62 bits per heavy atom. The van der Waals surface area contributed by atoms with Crippen LogP contribution in [0.5, 0.6) is 0 Å². The first-order chi connectivity index (χ1) is 10.1. The van der Waals surface area contributed by atoms with Crippen LogP contribution in [0.25, 0.3) is 21.9 Å². The number of carboxylic acids is 1. The minimum absolute atomic E-state index is 0.0331. The molecule has 0 heterocycles. The Labute approximate surface area is 125 Å². The summed E-state index contributed by atoms with van der Waals surface area (Å²) in [5, 5.41) is 10.6. The zero-order valence-corrected chi connectivity index (χ0v) is 11.6. The van der Waals surface area contributed by atoms with Gasteiger partial charge in [0.1, 0.15) is 5.82 Å². The maximum absolute atomic E-state index is 13.6. The lowest BCUT2D eigenvalue weighted by molar-refractivity contribution is 0.0699. The van der Waals surface area contributed by atoms with Crippen molar-refractivity contribution in [2.75, 3.05) is 0 Å². The van der Waals surface area contributed by atoms with Crippen molar-refractivity contribution in [2.45, 2.75) is 0 Å². The van der Waals surface area contributed by atoms with E-state index in [4.69, 9.17) is 11.6 Å². The molecule has 0 aliphatic heterocycles. The fourth-order valence-corrected chi connectivity index (χ4v) is 2.66. The Morgan fingerprint density at radius 3 is 2.33 bits per heavy atom. The van der Waals surface area contributed by atoms with Crippen LogP contribution in [0.2, 0.25) is 5.02 Å². The van der Waals surface area contributed by atoms with Gasteiger partial charge in [0.2, 0.25) is 0 Å². The highest BCUT2D eigenvalue weighted by Crippen LogP contribution is 2.35. The zero-order chi connectivity index (χ0) is 15.0. The summed E-state index contributed by atoms with van der Waals surface area (Å²) in [6, 6.07) is 14.9. The molecule has 0 aliphatic carbocycles. The van der Waals surface area contributed by atoms with Gasteiger partial charge in [-0.3, -0.25) is 0 Å². The van der Waals surface area contributed by atoms with Crippen molar-refractivity contribution in [1.82, 2.24) is 0 Å². The summed E-state index contributed by atoms with van der Waals surface area (Å²) in [6.07, 6.45) is 0. The topological polar surface area (TPSA) is 37.3 Å². The molecule has 0 saturated carbocycles. The summed E-state index contributed by atoms with van der Waals surface area (Å²) in [4.78, 5) is 11.3. The molecule has 3 aromatic carbocycles. The minimum Gasteiger partial charge on any atom is -0.478 e. The molecular formula is C17H10ClFO2. The first-order valence-electron chi connectivity index (χ1n) is 6.29. The molecule has 0 unspecified atom stereocenters. The predicted molar refractivity (Wildman–Crippen MR) is 81.3 cm³/mol. The highest BCUT2D eigenvalue weighted by Gasteiger charge is 2.14. The van der Waals surface area contributed by atoms with Crippen LogP contribution < -0.4 is 0 Å². The molecule has 0 amide bonds. The molecule has 0 bridgehead atoms. The summed E-state index contributed by atoms with van der Waals surface area (Å²) in [6.45, 7) is 0. The smallest absolute Gasteiger partial charge is 0.336 e. The van der Waals surface area contributed by atoms with Gasteiger partial charge in [-0.1, -0.05) is 54.1 Å². The van der Waals surface area contributed by atoms with Crippen LogP contribution in [-0.2, 0) is 0 Å². The van der Waals surface area contributed by atoms with Gasteiger partial charge in [-0.05, 0) is 28.5 Å². The molecule has 0 radical (unpaired) electrons. The highest BCUT2D eigenvalue weighted by atomic mass is 35.5. The second kappa shape index (κ2) is 5.19. The van der Waals surface area contributed by atoms with Crippen LogP contribution in [0.3, 0.4) is 0 Å². The van der Waals surface area contributed by atoms with Crippen LogP contribution in [-0.4, -0.2) is 11.1 Å². The van der Waals surface area contributed by atoms with E-state index in [0.29, 0.717) is 16.5 Å². The number of benzene rings is 3. The predicted octanol–water partition coefficient (Wildman–Crippen LogP) is 5.00. The van der Waals surface area contributed by atoms with Crippen molar-refractivity contribution in [3.05, 3.63) is 71.0 Å². The van der Waals surface area contributed by atoms with E-state index in [0.717, 1.165) is 5.39 Å². The van der Waals surface area contributed by atoms with Gasteiger partial charge in [0.05, 0.1) is 10.6 Å². The maximum atomic E-state index is 13.6. The summed E-state index contributed by atoms with van der Waals surface area (Å²) >= 11 is 6.04. The standard InChI is InChI=1S/C17H10ClFO2/c18-16-13(6-3-7-15(16)19)12-8-9-14(17(20)21)11-5-2-1-4-10(11)12/h1-9H,(H,20,21). The number of carbonyl (C=O) groups is 1. The summed E-state index contributed by atoms with van der Waals surface area (Å²) in [5.41, 5.74) is 1.46. The maximum Gasteiger partial charge on any atom is 0.336 e. The van der Waals surface area contributed by atoms with Crippen molar-refractivity contribution >= 4 is 28.3 Å². The van der Waals surface area contributed by atoms with E-state index in [1.165, 1.54) is 12.1 Å². The number of halogens is 2. The quantitative estimate of drug-likeness (QED) is 0.723. The van der Waals surface area contributed by atoms with Crippen molar-refractivity contribution in [3.63, 3.8) is 0 Å². The van der Waals surface area contributed by atoms with Gasteiger partial charge in [-0.15, -0.1) is 0 Å². The molecule has 4 heteroatoms. The Kier molecular flexibility index (Phi) is 3.35. The van der Waals surface area contributed by atoms with Crippen molar-refractivity contribution in [2.24, 2.45) is 0 Å². The monoisotopic (exact) mass is 300 g/mol. The third kappa shape index (κ3) is 2.26. The molecule has 0 spiro atoms. The van der Waals surface area contributed by atoms with E-state index in [9.17, 15) is 14.3 Å². The minimum atomic E-state index is -0.997. The molecule has 0 aliphatic rings. The van der Waals surface area contributed by atoms with Crippen molar-refractivity contribution in [3.8, 4) is 11.1 Å². The van der Waals surface area contributed by atoms with Gasteiger partial charge in [0.25, 0.3) is 0 Å². The van der Waals surface area contributed by atoms with Crippen LogP contribution in [0.1, 0.15) is 10.4 Å². The summed E-state index contributed by atoms with van der Waals surface area (Å²) < 4.78 is 13.6. The largest absolute Gasteiger partial charge is 0.478 e. The molecule has 3 aromatic rings. The van der Waals surface area contributed by atoms with E-state index < -0.39 is 11.8 Å². The van der Waals surface area contributed by atoms with Gasteiger partial charge in [-0.25, -0.2) is 9.18 Å². The number of hydrogen-bond acceptors (Lipinski definition) is 1. The number of hydrogen-bond donors (Lipinski definition) is 1. The summed E-state index contributed by atoms with van der Waals surface area (Å²) in [7, 11) is 0. The number of rotatable bonds is 2. The Hall–Kier alpha value is -2.39. The molecule has 0 fully saturated rings. The third-order valence-corrected chi connectivity index (χ3v) is 3.78. The summed E-state index contributed by atoms with van der Waals surface area (Å²) in [5.74, 6) is -1.50. The van der Waals surface area contributed by atoms with Gasteiger partial charge in [-0.2, -0.15) is 0 Å². The van der Waals surface area contributed by atoms with Gasteiger partial charge < -0.3 is 5.11 Å².